The summed E-state index contributed by atoms with van der Waals surface area (Å²) in [5.74, 6) is -3.23. The summed E-state index contributed by atoms with van der Waals surface area (Å²) in [7, 11) is 0. The van der Waals surface area contributed by atoms with Crippen molar-refractivity contribution in [1.29, 1.82) is 0 Å². The molecule has 1 saturated heterocycles. The second-order valence-electron chi connectivity index (χ2n) is 5.78. The average Bonchev–Trinajstić information content (AvgIpc) is 3.04. The van der Waals surface area contributed by atoms with E-state index in [0.29, 0.717) is 25.8 Å². The SMILES string of the molecule is CCC(=O)N1CCCC1C(=O)NCC(=O)NC(CCC(N)=O)C(=O)O. The number of primary amides is 1. The first-order valence-corrected chi connectivity index (χ1v) is 8.13. The van der Waals surface area contributed by atoms with Crippen LogP contribution >= 0.6 is 0 Å². The zero-order chi connectivity index (χ0) is 19.0. The molecule has 4 amide bonds. The minimum atomic E-state index is -1.29. The third-order valence-corrected chi connectivity index (χ3v) is 3.91. The molecule has 1 aliphatic heterocycles. The van der Waals surface area contributed by atoms with Crippen LogP contribution in [-0.2, 0) is 24.0 Å². The lowest BCUT2D eigenvalue weighted by Gasteiger charge is -2.23. The zero-order valence-corrected chi connectivity index (χ0v) is 14.1. The number of carboxylic acids is 1. The van der Waals surface area contributed by atoms with Crippen LogP contribution in [0.4, 0.5) is 0 Å². The van der Waals surface area contributed by atoms with Crippen LogP contribution in [0.5, 0.6) is 0 Å². The van der Waals surface area contributed by atoms with Crippen LogP contribution in [0.1, 0.15) is 39.0 Å². The van der Waals surface area contributed by atoms with Crippen molar-refractivity contribution < 1.29 is 29.1 Å². The number of hydrogen-bond donors (Lipinski definition) is 4. The average molecular weight is 356 g/mol. The van der Waals surface area contributed by atoms with E-state index in [0.717, 1.165) is 0 Å². The van der Waals surface area contributed by atoms with Crippen molar-refractivity contribution in [2.24, 2.45) is 5.73 Å². The molecule has 25 heavy (non-hydrogen) atoms. The van der Waals surface area contributed by atoms with Gasteiger partial charge in [-0.05, 0) is 19.3 Å². The number of carboxylic acid groups (broad SMARTS) is 1. The minimum absolute atomic E-state index is 0.125. The van der Waals surface area contributed by atoms with E-state index in [1.165, 1.54) is 4.90 Å². The number of amides is 4. The van der Waals surface area contributed by atoms with Crippen LogP contribution in [0, 0.1) is 0 Å². The molecule has 2 unspecified atom stereocenters. The van der Waals surface area contributed by atoms with E-state index in [-0.39, 0.29) is 18.7 Å². The lowest BCUT2D eigenvalue weighted by Crippen LogP contribution is -2.50. The van der Waals surface area contributed by atoms with Gasteiger partial charge in [-0.25, -0.2) is 4.79 Å². The molecule has 0 saturated carbocycles. The van der Waals surface area contributed by atoms with Crippen molar-refractivity contribution in [1.82, 2.24) is 15.5 Å². The molecule has 2 atom stereocenters. The molecule has 0 aliphatic carbocycles. The first kappa shape index (κ1) is 20.4. The maximum absolute atomic E-state index is 12.2. The highest BCUT2D eigenvalue weighted by atomic mass is 16.4. The van der Waals surface area contributed by atoms with E-state index in [1.54, 1.807) is 6.92 Å². The van der Waals surface area contributed by atoms with Gasteiger partial charge in [-0.2, -0.15) is 0 Å². The maximum Gasteiger partial charge on any atom is 0.326 e. The Balaban J connectivity index is 2.48. The monoisotopic (exact) mass is 356 g/mol. The van der Waals surface area contributed by atoms with Gasteiger partial charge in [0.1, 0.15) is 12.1 Å². The Morgan fingerprint density at radius 3 is 2.52 bits per heavy atom. The topological polar surface area (TPSA) is 159 Å². The molecule has 10 heteroatoms. The molecule has 1 rings (SSSR count). The summed E-state index contributed by atoms with van der Waals surface area (Å²) in [5, 5.41) is 13.6. The summed E-state index contributed by atoms with van der Waals surface area (Å²) < 4.78 is 0. The standard InChI is InChI=1S/C15H24N4O6/c1-2-13(22)19-7-3-4-10(19)14(23)17-8-12(21)18-9(15(24)25)5-6-11(16)20/h9-10H,2-8H2,1H3,(H2,16,20)(H,17,23)(H,18,21)(H,24,25). The van der Waals surface area contributed by atoms with Gasteiger partial charge >= 0.3 is 5.97 Å². The molecule has 0 spiro atoms. The van der Waals surface area contributed by atoms with Crippen molar-refractivity contribution in [3.8, 4) is 0 Å². The van der Waals surface area contributed by atoms with Crippen LogP contribution < -0.4 is 16.4 Å². The number of rotatable bonds is 9. The van der Waals surface area contributed by atoms with Gasteiger partial charge in [0, 0.05) is 19.4 Å². The molecule has 0 aromatic rings. The van der Waals surface area contributed by atoms with Crippen molar-refractivity contribution in [2.75, 3.05) is 13.1 Å². The third-order valence-electron chi connectivity index (χ3n) is 3.91. The Hall–Kier alpha value is -2.65. The van der Waals surface area contributed by atoms with Crippen LogP contribution in [0.2, 0.25) is 0 Å². The Morgan fingerprint density at radius 1 is 1.28 bits per heavy atom. The molecule has 5 N–H and O–H groups in total. The lowest BCUT2D eigenvalue weighted by atomic mass is 10.1. The maximum atomic E-state index is 12.2. The smallest absolute Gasteiger partial charge is 0.326 e. The van der Waals surface area contributed by atoms with E-state index < -0.39 is 42.3 Å². The van der Waals surface area contributed by atoms with Crippen molar-refractivity contribution >= 4 is 29.6 Å². The largest absolute Gasteiger partial charge is 0.480 e. The highest BCUT2D eigenvalue weighted by Gasteiger charge is 2.33. The molecule has 1 aliphatic rings. The molecular weight excluding hydrogens is 332 g/mol. The van der Waals surface area contributed by atoms with Gasteiger partial charge in [-0.3, -0.25) is 19.2 Å². The molecule has 10 nitrogen and oxygen atoms in total. The normalized spacial score (nSPS) is 17.6. The Kier molecular flexibility index (Phi) is 7.83. The van der Waals surface area contributed by atoms with Gasteiger partial charge in [0.25, 0.3) is 0 Å². The molecular formula is C15H24N4O6. The minimum Gasteiger partial charge on any atom is -0.480 e. The van der Waals surface area contributed by atoms with Gasteiger partial charge in [0.05, 0.1) is 6.54 Å². The van der Waals surface area contributed by atoms with Gasteiger partial charge < -0.3 is 26.4 Å². The highest BCUT2D eigenvalue weighted by Crippen LogP contribution is 2.18. The number of carbonyl (C=O) groups is 5. The van der Waals surface area contributed by atoms with E-state index in [4.69, 9.17) is 10.8 Å². The van der Waals surface area contributed by atoms with Crippen molar-refractivity contribution in [3.05, 3.63) is 0 Å². The third kappa shape index (κ3) is 6.40. The second-order valence-corrected chi connectivity index (χ2v) is 5.78. The second kappa shape index (κ2) is 9.60. The molecule has 0 radical (unpaired) electrons. The number of likely N-dealkylation sites (tertiary alicyclic amines) is 1. The van der Waals surface area contributed by atoms with E-state index >= 15 is 0 Å². The summed E-state index contributed by atoms with van der Waals surface area (Å²) in [5.41, 5.74) is 4.96. The Morgan fingerprint density at radius 2 is 1.96 bits per heavy atom. The Bertz CT molecular complexity index is 550. The fourth-order valence-electron chi connectivity index (χ4n) is 2.62. The number of carbonyl (C=O) groups excluding carboxylic acids is 4. The molecule has 0 aromatic heterocycles. The molecule has 1 heterocycles. The van der Waals surface area contributed by atoms with Gasteiger partial charge in [0.15, 0.2) is 0 Å². The van der Waals surface area contributed by atoms with Gasteiger partial charge in [-0.1, -0.05) is 6.92 Å². The summed E-state index contributed by atoms with van der Waals surface area (Å²) >= 11 is 0. The number of hydrogen-bond acceptors (Lipinski definition) is 5. The van der Waals surface area contributed by atoms with Crippen LogP contribution in [0.15, 0.2) is 0 Å². The van der Waals surface area contributed by atoms with Crippen molar-refractivity contribution in [3.63, 3.8) is 0 Å². The molecule has 1 fully saturated rings. The fraction of sp³-hybridized carbons (Fsp3) is 0.667. The van der Waals surface area contributed by atoms with Crippen LogP contribution in [-0.4, -0.2) is 64.8 Å². The number of nitrogens with zero attached hydrogens (tertiary/aromatic N) is 1. The van der Waals surface area contributed by atoms with Gasteiger partial charge in [-0.15, -0.1) is 0 Å². The first-order valence-electron chi connectivity index (χ1n) is 8.13. The van der Waals surface area contributed by atoms with Crippen molar-refractivity contribution in [2.45, 2.75) is 51.1 Å². The fourth-order valence-corrected chi connectivity index (χ4v) is 2.62. The molecule has 0 bridgehead atoms. The zero-order valence-electron chi connectivity index (χ0n) is 14.1. The summed E-state index contributed by atoms with van der Waals surface area (Å²) in [6.07, 6.45) is 1.22. The Labute approximate surface area is 145 Å². The summed E-state index contributed by atoms with van der Waals surface area (Å²) in [6.45, 7) is 1.80. The van der Waals surface area contributed by atoms with Gasteiger partial charge in [0.2, 0.25) is 23.6 Å². The van der Waals surface area contributed by atoms with E-state index in [9.17, 15) is 24.0 Å². The summed E-state index contributed by atoms with van der Waals surface area (Å²) in [4.78, 5) is 59.0. The van der Waals surface area contributed by atoms with E-state index in [1.807, 2.05) is 0 Å². The molecule has 0 aromatic carbocycles. The number of aliphatic carboxylic acids is 1. The quantitative estimate of drug-likeness (QED) is 0.387. The highest BCUT2D eigenvalue weighted by molar-refractivity contribution is 5.92. The first-order chi connectivity index (χ1) is 11.8. The van der Waals surface area contributed by atoms with Crippen LogP contribution in [0.25, 0.3) is 0 Å². The predicted molar refractivity (Wildman–Crippen MR) is 86.0 cm³/mol. The van der Waals surface area contributed by atoms with Crippen LogP contribution in [0.3, 0.4) is 0 Å². The summed E-state index contributed by atoms with van der Waals surface area (Å²) in [6, 6.07) is -1.87. The van der Waals surface area contributed by atoms with E-state index in [2.05, 4.69) is 10.6 Å². The predicted octanol–water partition coefficient (Wildman–Crippen LogP) is -1.66. The molecule has 140 valence electrons. The number of nitrogens with one attached hydrogen (secondary N) is 2. The lowest BCUT2D eigenvalue weighted by molar-refractivity contribution is -0.142. The number of nitrogens with two attached hydrogens (primary N) is 1.